The molecule has 0 aromatic heterocycles. The summed E-state index contributed by atoms with van der Waals surface area (Å²) >= 11 is 5.08. The lowest BCUT2D eigenvalue weighted by atomic mass is 10.0. The second-order valence-corrected chi connectivity index (χ2v) is 4.26. The second kappa shape index (κ2) is 5.40. The molecule has 0 aliphatic heterocycles. The molecule has 0 unspecified atom stereocenters. The molecule has 0 saturated heterocycles. The summed E-state index contributed by atoms with van der Waals surface area (Å²) in [6, 6.07) is 2.12. The summed E-state index contributed by atoms with van der Waals surface area (Å²) in [6.45, 7) is 0. The van der Waals surface area contributed by atoms with Crippen LogP contribution in [-0.4, -0.2) is 5.24 Å². The summed E-state index contributed by atoms with van der Waals surface area (Å²) in [6.07, 6.45) is 0. The molecule has 21 heavy (non-hydrogen) atoms. The summed E-state index contributed by atoms with van der Waals surface area (Å²) in [7, 11) is 0. The summed E-state index contributed by atoms with van der Waals surface area (Å²) in [5, 5.41) is -1.04. The van der Waals surface area contributed by atoms with Gasteiger partial charge in [-0.1, -0.05) is 6.07 Å². The average molecular weight is 325 g/mol. The Morgan fingerprint density at radius 1 is 0.810 bits per heavy atom. The van der Waals surface area contributed by atoms with Crippen molar-refractivity contribution in [3.05, 3.63) is 58.7 Å². The summed E-state index contributed by atoms with van der Waals surface area (Å²) in [5.74, 6) is -12.4. The standard InChI is InChI=1S/C13H3ClF6O/c14-13(21)4-1-2-5(6(15)3-4)7-8(16)10(18)12(20)11(19)9(7)17/h1-3H. The first-order valence-corrected chi connectivity index (χ1v) is 5.64. The number of halogens is 7. The van der Waals surface area contributed by atoms with Crippen LogP contribution in [0.25, 0.3) is 11.1 Å². The molecule has 2 aromatic carbocycles. The van der Waals surface area contributed by atoms with Gasteiger partial charge in [0, 0.05) is 11.1 Å². The fraction of sp³-hybridized carbons (Fsp3) is 0. The maximum absolute atomic E-state index is 13.7. The van der Waals surface area contributed by atoms with Crippen LogP contribution in [0.3, 0.4) is 0 Å². The van der Waals surface area contributed by atoms with Gasteiger partial charge in [-0.05, 0) is 23.7 Å². The third kappa shape index (κ3) is 2.49. The zero-order valence-electron chi connectivity index (χ0n) is 9.79. The number of benzene rings is 2. The van der Waals surface area contributed by atoms with Crippen LogP contribution < -0.4 is 0 Å². The third-order valence-electron chi connectivity index (χ3n) is 2.68. The van der Waals surface area contributed by atoms with Gasteiger partial charge in [0.2, 0.25) is 5.82 Å². The highest BCUT2D eigenvalue weighted by atomic mass is 35.5. The molecule has 0 saturated carbocycles. The lowest BCUT2D eigenvalue weighted by Gasteiger charge is -2.09. The van der Waals surface area contributed by atoms with Crippen molar-refractivity contribution in [1.29, 1.82) is 0 Å². The minimum atomic E-state index is -2.35. The van der Waals surface area contributed by atoms with Crippen LogP contribution in [0.1, 0.15) is 10.4 Å². The first-order valence-electron chi connectivity index (χ1n) is 5.27. The van der Waals surface area contributed by atoms with Gasteiger partial charge in [-0.3, -0.25) is 4.79 Å². The normalized spacial score (nSPS) is 10.8. The van der Waals surface area contributed by atoms with Crippen molar-refractivity contribution in [2.45, 2.75) is 0 Å². The highest BCUT2D eigenvalue weighted by Gasteiger charge is 2.28. The number of carbonyl (C=O) groups is 1. The van der Waals surface area contributed by atoms with Crippen molar-refractivity contribution >= 4 is 16.8 Å². The predicted molar refractivity (Wildman–Crippen MR) is 61.8 cm³/mol. The Bertz CT molecular complexity index is 730. The SMILES string of the molecule is O=C(Cl)c1ccc(-c2c(F)c(F)c(F)c(F)c2F)c(F)c1. The van der Waals surface area contributed by atoms with E-state index in [2.05, 4.69) is 0 Å². The minimum Gasteiger partial charge on any atom is -0.276 e. The largest absolute Gasteiger partial charge is 0.276 e. The lowest BCUT2D eigenvalue weighted by Crippen LogP contribution is -2.05. The minimum absolute atomic E-state index is 0.332. The molecule has 8 heteroatoms. The van der Waals surface area contributed by atoms with E-state index in [9.17, 15) is 31.1 Å². The Morgan fingerprint density at radius 3 is 1.71 bits per heavy atom. The van der Waals surface area contributed by atoms with E-state index in [-0.39, 0.29) is 5.56 Å². The van der Waals surface area contributed by atoms with Gasteiger partial charge < -0.3 is 0 Å². The fourth-order valence-electron chi connectivity index (χ4n) is 1.68. The van der Waals surface area contributed by atoms with E-state index < -0.39 is 51.3 Å². The molecule has 0 heterocycles. The van der Waals surface area contributed by atoms with Crippen LogP contribution in [0.2, 0.25) is 0 Å². The molecule has 0 bridgehead atoms. The van der Waals surface area contributed by atoms with E-state index in [0.717, 1.165) is 6.07 Å². The third-order valence-corrected chi connectivity index (χ3v) is 2.89. The monoisotopic (exact) mass is 324 g/mol. The second-order valence-electron chi connectivity index (χ2n) is 3.91. The van der Waals surface area contributed by atoms with E-state index in [1.807, 2.05) is 0 Å². The number of rotatable bonds is 2. The number of carbonyl (C=O) groups excluding carboxylic acids is 1. The smallest absolute Gasteiger partial charge is 0.252 e. The molecule has 0 aliphatic carbocycles. The molecule has 0 aliphatic rings. The molecule has 0 radical (unpaired) electrons. The highest BCUT2D eigenvalue weighted by molar-refractivity contribution is 6.67. The molecule has 1 nitrogen and oxygen atoms in total. The summed E-state index contributed by atoms with van der Waals surface area (Å²) < 4.78 is 79.9. The van der Waals surface area contributed by atoms with Gasteiger partial charge >= 0.3 is 0 Å². The molecule has 0 atom stereocenters. The highest BCUT2D eigenvalue weighted by Crippen LogP contribution is 2.33. The van der Waals surface area contributed by atoms with E-state index in [4.69, 9.17) is 11.6 Å². The first kappa shape index (κ1) is 15.4. The van der Waals surface area contributed by atoms with Crippen molar-refractivity contribution in [3.63, 3.8) is 0 Å². The molecule has 0 amide bonds. The number of hydrogen-bond donors (Lipinski definition) is 0. The molecular weight excluding hydrogens is 322 g/mol. The molecule has 0 fully saturated rings. The molecule has 0 spiro atoms. The van der Waals surface area contributed by atoms with Crippen molar-refractivity contribution in [3.8, 4) is 11.1 Å². The Hall–Kier alpha value is -2.02. The van der Waals surface area contributed by atoms with Crippen LogP contribution in [0.5, 0.6) is 0 Å². The lowest BCUT2D eigenvalue weighted by molar-refractivity contribution is 0.108. The molecular formula is C13H3ClF6O. The quantitative estimate of drug-likeness (QED) is 0.342. The Labute approximate surface area is 118 Å². The van der Waals surface area contributed by atoms with Crippen LogP contribution in [0.4, 0.5) is 26.3 Å². The zero-order valence-corrected chi connectivity index (χ0v) is 10.5. The van der Waals surface area contributed by atoms with Crippen LogP contribution >= 0.6 is 11.6 Å². The molecule has 110 valence electrons. The van der Waals surface area contributed by atoms with E-state index >= 15 is 0 Å². The van der Waals surface area contributed by atoms with Crippen molar-refractivity contribution in [2.24, 2.45) is 0 Å². The first-order chi connectivity index (χ1) is 9.75. The summed E-state index contributed by atoms with van der Waals surface area (Å²) in [4.78, 5) is 10.8. The van der Waals surface area contributed by atoms with Gasteiger partial charge in [-0.15, -0.1) is 0 Å². The average Bonchev–Trinajstić information content (AvgIpc) is 2.44. The van der Waals surface area contributed by atoms with Gasteiger partial charge in [0.05, 0.1) is 5.56 Å². The molecule has 0 N–H and O–H groups in total. The Balaban J connectivity index is 2.77. The predicted octanol–water partition coefficient (Wildman–Crippen LogP) is 4.57. The van der Waals surface area contributed by atoms with Crippen molar-refractivity contribution in [2.75, 3.05) is 0 Å². The van der Waals surface area contributed by atoms with E-state index in [1.165, 1.54) is 0 Å². The van der Waals surface area contributed by atoms with Crippen LogP contribution in [-0.2, 0) is 0 Å². The molecule has 2 aromatic rings. The van der Waals surface area contributed by atoms with E-state index in [0.29, 0.717) is 12.1 Å². The van der Waals surface area contributed by atoms with Gasteiger partial charge in [-0.2, -0.15) is 0 Å². The topological polar surface area (TPSA) is 17.1 Å². The van der Waals surface area contributed by atoms with Crippen molar-refractivity contribution in [1.82, 2.24) is 0 Å². The Kier molecular flexibility index (Phi) is 3.95. The van der Waals surface area contributed by atoms with Gasteiger partial charge in [0.25, 0.3) is 5.24 Å². The zero-order chi connectivity index (χ0) is 15.9. The van der Waals surface area contributed by atoms with Crippen LogP contribution in [0, 0.1) is 34.9 Å². The Morgan fingerprint density at radius 2 is 1.29 bits per heavy atom. The molecule has 2 rings (SSSR count). The maximum Gasteiger partial charge on any atom is 0.252 e. The van der Waals surface area contributed by atoms with E-state index in [1.54, 1.807) is 0 Å². The summed E-state index contributed by atoms with van der Waals surface area (Å²) in [5.41, 5.74) is -2.64. The number of hydrogen-bond acceptors (Lipinski definition) is 1. The van der Waals surface area contributed by atoms with Gasteiger partial charge in [0.15, 0.2) is 23.3 Å². The van der Waals surface area contributed by atoms with Gasteiger partial charge in [-0.25, -0.2) is 26.3 Å². The van der Waals surface area contributed by atoms with Crippen molar-refractivity contribution < 1.29 is 31.1 Å². The maximum atomic E-state index is 13.7. The van der Waals surface area contributed by atoms with Crippen LogP contribution in [0.15, 0.2) is 18.2 Å². The van der Waals surface area contributed by atoms with Gasteiger partial charge in [0.1, 0.15) is 5.82 Å². The fourth-order valence-corrected chi connectivity index (χ4v) is 1.80.